The van der Waals surface area contributed by atoms with E-state index >= 15 is 0 Å². The van der Waals surface area contributed by atoms with Crippen molar-refractivity contribution in [3.05, 3.63) is 21.0 Å². The zero-order valence-electron chi connectivity index (χ0n) is 9.12. The third-order valence-electron chi connectivity index (χ3n) is 1.90. The zero-order chi connectivity index (χ0) is 12.1. The molecule has 0 aromatic carbocycles. The SMILES string of the molecule is CCOC1=C(I)C(=NC(C)=O)CC(C=O)=C1. The Hall–Kier alpha value is -0.980. The van der Waals surface area contributed by atoms with Gasteiger partial charge in [-0.15, -0.1) is 0 Å². The number of carbonyl (C=O) groups excluding carboxylic acids is 2. The maximum atomic E-state index is 11.0. The molecule has 1 rings (SSSR count). The van der Waals surface area contributed by atoms with E-state index in [2.05, 4.69) is 27.6 Å². The molecule has 0 saturated carbocycles. The molecule has 4 nitrogen and oxygen atoms in total. The summed E-state index contributed by atoms with van der Waals surface area (Å²) >= 11 is 2.07. The van der Waals surface area contributed by atoms with E-state index < -0.39 is 0 Å². The lowest BCUT2D eigenvalue weighted by molar-refractivity contribution is -0.115. The molecule has 0 aromatic heterocycles. The average Bonchev–Trinajstić information content (AvgIpc) is 2.23. The molecule has 1 aliphatic carbocycles. The Kier molecular flexibility index (Phi) is 4.85. The second-order valence-corrected chi connectivity index (χ2v) is 4.28. The number of aldehydes is 1. The van der Waals surface area contributed by atoms with Crippen LogP contribution in [-0.4, -0.2) is 24.5 Å². The Balaban J connectivity index is 3.13. The largest absolute Gasteiger partial charge is 0.493 e. The fourth-order valence-corrected chi connectivity index (χ4v) is 1.93. The van der Waals surface area contributed by atoms with Crippen LogP contribution >= 0.6 is 22.6 Å². The van der Waals surface area contributed by atoms with Crippen LogP contribution in [0.15, 0.2) is 26.0 Å². The van der Waals surface area contributed by atoms with Gasteiger partial charge in [0.25, 0.3) is 0 Å². The highest BCUT2D eigenvalue weighted by molar-refractivity contribution is 14.1. The van der Waals surface area contributed by atoms with Gasteiger partial charge in [0.1, 0.15) is 12.0 Å². The van der Waals surface area contributed by atoms with Crippen LogP contribution < -0.4 is 0 Å². The number of carbonyl (C=O) groups is 2. The van der Waals surface area contributed by atoms with Gasteiger partial charge in [0.05, 0.1) is 15.9 Å². The molecular formula is C11H12INO3. The third-order valence-corrected chi connectivity index (χ3v) is 3.06. The summed E-state index contributed by atoms with van der Waals surface area (Å²) < 4.78 is 6.18. The maximum absolute atomic E-state index is 11.0. The highest BCUT2D eigenvalue weighted by Gasteiger charge is 2.19. The molecule has 0 aliphatic heterocycles. The smallest absolute Gasteiger partial charge is 0.242 e. The van der Waals surface area contributed by atoms with Crippen molar-refractivity contribution in [2.75, 3.05) is 6.61 Å². The standard InChI is InChI=1S/C11H12INO3/c1-3-16-10-5-8(6-14)4-9(11(10)12)13-7(2)15/h5-6H,3-4H2,1-2H3. The first-order valence-corrected chi connectivity index (χ1v) is 5.93. The summed E-state index contributed by atoms with van der Waals surface area (Å²) in [6, 6.07) is 0. The quantitative estimate of drug-likeness (QED) is 0.588. The van der Waals surface area contributed by atoms with E-state index in [9.17, 15) is 9.59 Å². The first-order chi connectivity index (χ1) is 7.58. The van der Waals surface area contributed by atoms with Gasteiger partial charge in [0.15, 0.2) is 0 Å². The predicted octanol–water partition coefficient (Wildman–Crippen LogP) is 2.19. The number of nitrogens with zero attached hydrogens (tertiary/aromatic N) is 1. The number of halogens is 1. The van der Waals surface area contributed by atoms with Crippen molar-refractivity contribution in [2.24, 2.45) is 4.99 Å². The minimum Gasteiger partial charge on any atom is -0.493 e. The number of amides is 1. The minimum atomic E-state index is -0.271. The summed E-state index contributed by atoms with van der Waals surface area (Å²) in [5.74, 6) is 0.337. The summed E-state index contributed by atoms with van der Waals surface area (Å²) in [6.07, 6.45) is 2.84. The fraction of sp³-hybridized carbons (Fsp3) is 0.364. The molecule has 0 aromatic rings. The van der Waals surface area contributed by atoms with Gasteiger partial charge >= 0.3 is 0 Å². The van der Waals surface area contributed by atoms with Crippen LogP contribution in [0.2, 0.25) is 0 Å². The Labute approximate surface area is 108 Å². The molecule has 0 fully saturated rings. The van der Waals surface area contributed by atoms with Gasteiger partial charge in [-0.05, 0) is 35.6 Å². The first kappa shape index (κ1) is 13.1. The van der Waals surface area contributed by atoms with Gasteiger partial charge in [0.2, 0.25) is 5.91 Å². The second kappa shape index (κ2) is 5.93. The van der Waals surface area contributed by atoms with Crippen LogP contribution in [0, 0.1) is 0 Å². The van der Waals surface area contributed by atoms with Crippen LogP contribution in [0.3, 0.4) is 0 Å². The van der Waals surface area contributed by atoms with Gasteiger partial charge in [-0.1, -0.05) is 0 Å². The number of aliphatic imine (C=N–C) groups is 1. The molecule has 5 heteroatoms. The molecule has 0 N–H and O–H groups in total. The van der Waals surface area contributed by atoms with Crippen molar-refractivity contribution in [1.82, 2.24) is 0 Å². The molecule has 16 heavy (non-hydrogen) atoms. The van der Waals surface area contributed by atoms with Crippen molar-refractivity contribution in [3.8, 4) is 0 Å². The molecule has 0 unspecified atom stereocenters. The molecule has 0 atom stereocenters. The molecule has 0 radical (unpaired) electrons. The highest BCUT2D eigenvalue weighted by Crippen LogP contribution is 2.27. The lowest BCUT2D eigenvalue weighted by atomic mass is 10.0. The van der Waals surface area contributed by atoms with Gasteiger partial charge in [-0.2, -0.15) is 0 Å². The predicted molar refractivity (Wildman–Crippen MR) is 69.6 cm³/mol. The Morgan fingerprint density at radius 1 is 1.69 bits per heavy atom. The van der Waals surface area contributed by atoms with E-state index in [1.54, 1.807) is 6.08 Å². The van der Waals surface area contributed by atoms with E-state index in [4.69, 9.17) is 4.74 Å². The van der Waals surface area contributed by atoms with Crippen LogP contribution in [0.25, 0.3) is 0 Å². The van der Waals surface area contributed by atoms with Crippen molar-refractivity contribution in [1.29, 1.82) is 0 Å². The average molecular weight is 333 g/mol. The van der Waals surface area contributed by atoms with E-state index in [0.29, 0.717) is 30.1 Å². The van der Waals surface area contributed by atoms with Crippen molar-refractivity contribution >= 4 is 40.5 Å². The second-order valence-electron chi connectivity index (χ2n) is 3.20. The number of ether oxygens (including phenoxy) is 1. The number of rotatable bonds is 3. The van der Waals surface area contributed by atoms with Crippen molar-refractivity contribution in [3.63, 3.8) is 0 Å². The molecule has 1 aliphatic rings. The third kappa shape index (κ3) is 3.26. The molecule has 0 saturated heterocycles. The van der Waals surface area contributed by atoms with E-state index in [-0.39, 0.29) is 5.91 Å². The zero-order valence-corrected chi connectivity index (χ0v) is 11.3. The number of allylic oxidation sites excluding steroid dienone is 3. The maximum Gasteiger partial charge on any atom is 0.242 e. The topological polar surface area (TPSA) is 55.7 Å². The van der Waals surface area contributed by atoms with Crippen LogP contribution in [0.5, 0.6) is 0 Å². The van der Waals surface area contributed by atoms with Crippen molar-refractivity contribution in [2.45, 2.75) is 20.3 Å². The summed E-state index contributed by atoms with van der Waals surface area (Å²) in [4.78, 5) is 25.6. The molecule has 0 bridgehead atoms. The molecule has 0 heterocycles. The van der Waals surface area contributed by atoms with Crippen LogP contribution in [-0.2, 0) is 14.3 Å². The lowest BCUT2D eigenvalue weighted by Gasteiger charge is -2.15. The molecular weight excluding hydrogens is 321 g/mol. The highest BCUT2D eigenvalue weighted by atomic mass is 127. The summed E-state index contributed by atoms with van der Waals surface area (Å²) in [5.41, 5.74) is 1.17. The monoisotopic (exact) mass is 333 g/mol. The Morgan fingerprint density at radius 2 is 2.38 bits per heavy atom. The minimum absolute atomic E-state index is 0.271. The van der Waals surface area contributed by atoms with Crippen LogP contribution in [0.1, 0.15) is 20.3 Å². The summed E-state index contributed by atoms with van der Waals surface area (Å²) in [5, 5.41) is 0. The van der Waals surface area contributed by atoms with Gasteiger partial charge in [-0.25, -0.2) is 4.99 Å². The fourth-order valence-electron chi connectivity index (χ4n) is 1.31. The lowest BCUT2D eigenvalue weighted by Crippen LogP contribution is -2.12. The molecule has 0 spiro atoms. The number of hydrogen-bond acceptors (Lipinski definition) is 3. The van der Waals surface area contributed by atoms with Crippen molar-refractivity contribution < 1.29 is 14.3 Å². The van der Waals surface area contributed by atoms with Gasteiger partial charge < -0.3 is 4.74 Å². The Morgan fingerprint density at radius 3 is 2.88 bits per heavy atom. The van der Waals surface area contributed by atoms with E-state index in [1.807, 2.05) is 6.92 Å². The van der Waals surface area contributed by atoms with Crippen LogP contribution in [0.4, 0.5) is 0 Å². The number of hydrogen-bond donors (Lipinski definition) is 0. The Bertz CT molecular complexity index is 407. The van der Waals surface area contributed by atoms with Gasteiger partial charge in [-0.3, -0.25) is 9.59 Å². The molecule has 86 valence electrons. The van der Waals surface area contributed by atoms with Gasteiger partial charge in [0, 0.05) is 18.9 Å². The summed E-state index contributed by atoms with van der Waals surface area (Å²) in [6.45, 7) is 3.76. The molecule has 1 amide bonds. The summed E-state index contributed by atoms with van der Waals surface area (Å²) in [7, 11) is 0. The normalized spacial score (nSPS) is 18.4. The van der Waals surface area contributed by atoms with E-state index in [0.717, 1.165) is 9.87 Å². The first-order valence-electron chi connectivity index (χ1n) is 4.85. The van der Waals surface area contributed by atoms with E-state index in [1.165, 1.54) is 6.92 Å².